The number of aliphatic hydroxyl groups is 1. The molecule has 0 saturated carbocycles. The van der Waals surface area contributed by atoms with E-state index in [9.17, 15) is 15.2 Å². The highest BCUT2D eigenvalue weighted by Gasteiger charge is 2.15. The van der Waals surface area contributed by atoms with Gasteiger partial charge in [-0.2, -0.15) is 0 Å². The molecule has 0 bridgehead atoms. The fourth-order valence-corrected chi connectivity index (χ4v) is 3.26. The zero-order chi connectivity index (χ0) is 15.7. The summed E-state index contributed by atoms with van der Waals surface area (Å²) in [5.74, 6) is 0. The molecule has 0 radical (unpaired) electrons. The summed E-state index contributed by atoms with van der Waals surface area (Å²) in [5, 5.41) is 29.2. The highest BCUT2D eigenvalue weighted by molar-refractivity contribution is 7.16. The van der Waals surface area contributed by atoms with Gasteiger partial charge in [0.2, 0.25) is 0 Å². The number of nitrogens with one attached hydrogen (secondary N) is 1. The van der Waals surface area contributed by atoms with Crippen molar-refractivity contribution in [3.8, 4) is 0 Å². The molecule has 3 rings (SSSR count). The molecule has 0 saturated heterocycles. The molecule has 1 unspecified atom stereocenters. The molecule has 112 valence electrons. The Bertz CT molecular complexity index is 900. The summed E-state index contributed by atoms with van der Waals surface area (Å²) in [5.41, 5.74) is 1.29. The van der Waals surface area contributed by atoms with Gasteiger partial charge in [-0.3, -0.25) is 15.5 Å². The number of hydrogen-bond donors (Lipinski definition) is 2. The average molecular weight is 315 g/mol. The molecule has 2 N–H and O–H groups in total. The third-order valence-corrected chi connectivity index (χ3v) is 4.41. The van der Waals surface area contributed by atoms with Gasteiger partial charge in [0.05, 0.1) is 27.8 Å². The molecule has 1 heterocycles. The molecule has 0 aliphatic rings. The number of benzene rings is 2. The van der Waals surface area contributed by atoms with Crippen molar-refractivity contribution in [3.05, 3.63) is 69.0 Å². The number of nitro benzene ring substituents is 1. The first-order valence-electron chi connectivity index (χ1n) is 6.61. The van der Waals surface area contributed by atoms with Crippen molar-refractivity contribution >= 4 is 27.2 Å². The van der Waals surface area contributed by atoms with Gasteiger partial charge in [0.1, 0.15) is 0 Å². The van der Waals surface area contributed by atoms with Gasteiger partial charge in [0.25, 0.3) is 5.69 Å². The Morgan fingerprint density at radius 2 is 2.05 bits per heavy atom. The van der Waals surface area contributed by atoms with E-state index in [2.05, 4.69) is 0 Å². The second-order valence-corrected chi connectivity index (χ2v) is 5.88. The smallest absolute Gasteiger partial charge is 0.269 e. The lowest BCUT2D eigenvalue weighted by Gasteiger charge is -2.12. The van der Waals surface area contributed by atoms with E-state index in [4.69, 9.17) is 5.41 Å². The number of rotatable bonds is 4. The first kappa shape index (κ1) is 14.4. The van der Waals surface area contributed by atoms with E-state index in [1.165, 1.54) is 23.5 Å². The molecule has 1 aromatic heterocycles. The Hall–Kier alpha value is -2.51. The molecule has 7 heteroatoms. The van der Waals surface area contributed by atoms with E-state index >= 15 is 0 Å². The predicted octanol–water partition coefficient (Wildman–Crippen LogP) is 2.82. The number of nitro groups is 1. The number of non-ortho nitro benzene ring substituents is 1. The summed E-state index contributed by atoms with van der Waals surface area (Å²) in [4.78, 5) is 10.7. The third-order valence-electron chi connectivity index (χ3n) is 3.43. The maximum absolute atomic E-state index is 10.8. The first-order chi connectivity index (χ1) is 10.6. The summed E-state index contributed by atoms with van der Waals surface area (Å²) < 4.78 is 2.68. The standard InChI is InChI=1S/C15H13N3O3S/c16-15-17(12-6-1-2-7-14(12)22-15)9-13(19)10-4-3-5-11(8-10)18(20)21/h1-8,13,16,19H,9H2. The van der Waals surface area contributed by atoms with Gasteiger partial charge in [0.15, 0.2) is 4.80 Å². The number of nitrogens with zero attached hydrogens (tertiary/aromatic N) is 2. The second-order valence-electron chi connectivity index (χ2n) is 4.85. The molecule has 0 spiro atoms. The molecular formula is C15H13N3O3S. The van der Waals surface area contributed by atoms with Crippen LogP contribution in [0.4, 0.5) is 5.69 Å². The minimum Gasteiger partial charge on any atom is -0.387 e. The van der Waals surface area contributed by atoms with Gasteiger partial charge < -0.3 is 9.67 Å². The Balaban J connectivity index is 1.95. The third kappa shape index (κ3) is 2.63. The lowest BCUT2D eigenvalue weighted by atomic mass is 10.1. The van der Waals surface area contributed by atoms with E-state index in [0.717, 1.165) is 10.2 Å². The summed E-state index contributed by atoms with van der Waals surface area (Å²) in [6.45, 7) is 0.185. The van der Waals surface area contributed by atoms with Crippen LogP contribution in [0.5, 0.6) is 0 Å². The second kappa shape index (κ2) is 5.70. The molecular weight excluding hydrogens is 302 g/mol. The molecule has 0 aliphatic carbocycles. The van der Waals surface area contributed by atoms with Crippen LogP contribution in [-0.4, -0.2) is 14.6 Å². The molecule has 0 fully saturated rings. The van der Waals surface area contributed by atoms with Crippen molar-refractivity contribution in [2.45, 2.75) is 12.6 Å². The Labute approximate surface area is 129 Å². The summed E-state index contributed by atoms with van der Waals surface area (Å²) in [7, 11) is 0. The largest absolute Gasteiger partial charge is 0.387 e. The number of fused-ring (bicyclic) bond motifs is 1. The zero-order valence-electron chi connectivity index (χ0n) is 11.5. The Morgan fingerprint density at radius 3 is 2.82 bits per heavy atom. The van der Waals surface area contributed by atoms with E-state index < -0.39 is 11.0 Å². The van der Waals surface area contributed by atoms with Crippen LogP contribution in [0, 0.1) is 15.5 Å². The molecule has 2 aromatic carbocycles. The zero-order valence-corrected chi connectivity index (χ0v) is 12.3. The van der Waals surface area contributed by atoms with Crippen molar-refractivity contribution < 1.29 is 10.0 Å². The van der Waals surface area contributed by atoms with Crippen molar-refractivity contribution in [1.29, 1.82) is 5.41 Å². The Kier molecular flexibility index (Phi) is 3.74. The van der Waals surface area contributed by atoms with Gasteiger partial charge in [-0.05, 0) is 17.7 Å². The number of thiazole rings is 1. The topological polar surface area (TPSA) is 92.2 Å². The van der Waals surface area contributed by atoms with Crippen LogP contribution in [0.2, 0.25) is 0 Å². The summed E-state index contributed by atoms with van der Waals surface area (Å²) in [6, 6.07) is 13.6. The Morgan fingerprint density at radius 1 is 1.27 bits per heavy atom. The number of hydrogen-bond acceptors (Lipinski definition) is 5. The lowest BCUT2D eigenvalue weighted by Crippen LogP contribution is -2.18. The highest BCUT2D eigenvalue weighted by atomic mass is 32.1. The lowest BCUT2D eigenvalue weighted by molar-refractivity contribution is -0.385. The highest BCUT2D eigenvalue weighted by Crippen LogP contribution is 2.23. The normalized spacial score (nSPS) is 12.4. The number of para-hydroxylation sites is 1. The predicted molar refractivity (Wildman–Crippen MR) is 83.7 cm³/mol. The SMILES string of the molecule is N=c1sc2ccccc2n1CC(O)c1cccc([N+](=O)[O-])c1. The van der Waals surface area contributed by atoms with E-state index in [1.54, 1.807) is 16.7 Å². The van der Waals surface area contributed by atoms with Crippen molar-refractivity contribution in [2.75, 3.05) is 0 Å². The van der Waals surface area contributed by atoms with Gasteiger partial charge in [-0.1, -0.05) is 35.6 Å². The van der Waals surface area contributed by atoms with Gasteiger partial charge in [-0.15, -0.1) is 0 Å². The van der Waals surface area contributed by atoms with Crippen LogP contribution in [0.3, 0.4) is 0 Å². The van der Waals surface area contributed by atoms with Crippen LogP contribution in [0.1, 0.15) is 11.7 Å². The van der Waals surface area contributed by atoms with Crippen molar-refractivity contribution in [1.82, 2.24) is 4.57 Å². The monoisotopic (exact) mass is 315 g/mol. The molecule has 0 aliphatic heterocycles. The van der Waals surface area contributed by atoms with Gasteiger partial charge >= 0.3 is 0 Å². The molecule has 6 nitrogen and oxygen atoms in total. The van der Waals surface area contributed by atoms with Crippen LogP contribution < -0.4 is 4.80 Å². The first-order valence-corrected chi connectivity index (χ1v) is 7.43. The molecule has 1 atom stereocenters. The maximum Gasteiger partial charge on any atom is 0.269 e. The van der Waals surface area contributed by atoms with Crippen LogP contribution >= 0.6 is 11.3 Å². The fraction of sp³-hybridized carbons (Fsp3) is 0.133. The quantitative estimate of drug-likeness (QED) is 0.573. The van der Waals surface area contributed by atoms with E-state index in [1.807, 2.05) is 24.3 Å². The van der Waals surface area contributed by atoms with E-state index in [0.29, 0.717) is 10.4 Å². The van der Waals surface area contributed by atoms with Crippen molar-refractivity contribution in [2.24, 2.45) is 0 Å². The molecule has 0 amide bonds. The molecule has 22 heavy (non-hydrogen) atoms. The van der Waals surface area contributed by atoms with Crippen LogP contribution in [0.25, 0.3) is 10.2 Å². The number of aromatic nitrogens is 1. The van der Waals surface area contributed by atoms with E-state index in [-0.39, 0.29) is 12.2 Å². The van der Waals surface area contributed by atoms with Crippen molar-refractivity contribution in [3.63, 3.8) is 0 Å². The molecule has 3 aromatic rings. The maximum atomic E-state index is 10.8. The van der Waals surface area contributed by atoms with Gasteiger partial charge in [-0.25, -0.2) is 0 Å². The van der Waals surface area contributed by atoms with Crippen LogP contribution in [-0.2, 0) is 6.54 Å². The minimum absolute atomic E-state index is 0.0529. The average Bonchev–Trinajstić information content (AvgIpc) is 2.83. The summed E-state index contributed by atoms with van der Waals surface area (Å²) in [6.07, 6.45) is -0.910. The minimum atomic E-state index is -0.910. The number of aliphatic hydroxyl groups excluding tert-OH is 1. The fourth-order valence-electron chi connectivity index (χ4n) is 2.34. The summed E-state index contributed by atoms with van der Waals surface area (Å²) >= 11 is 1.33. The van der Waals surface area contributed by atoms with Crippen LogP contribution in [0.15, 0.2) is 48.5 Å². The van der Waals surface area contributed by atoms with Gasteiger partial charge in [0, 0.05) is 12.1 Å².